The third-order valence-corrected chi connectivity index (χ3v) is 4.06. The summed E-state index contributed by atoms with van der Waals surface area (Å²) in [5.41, 5.74) is 8.28. The lowest BCUT2D eigenvalue weighted by Crippen LogP contribution is -2.13. The van der Waals surface area contributed by atoms with E-state index < -0.39 is 0 Å². The van der Waals surface area contributed by atoms with Crippen LogP contribution in [0.2, 0.25) is 0 Å². The molecule has 0 bridgehead atoms. The molecule has 0 spiro atoms. The van der Waals surface area contributed by atoms with Gasteiger partial charge in [-0.1, -0.05) is 50.8 Å². The van der Waals surface area contributed by atoms with Crippen LogP contribution >= 0.6 is 15.9 Å². The van der Waals surface area contributed by atoms with Crippen LogP contribution < -0.4 is 5.73 Å². The van der Waals surface area contributed by atoms with Crippen LogP contribution in [0.1, 0.15) is 50.8 Å². The highest BCUT2D eigenvalue weighted by molar-refractivity contribution is 9.10. The summed E-state index contributed by atoms with van der Waals surface area (Å²) >= 11 is 3.60. The van der Waals surface area contributed by atoms with Crippen LogP contribution in [0.15, 0.2) is 34.8 Å². The van der Waals surface area contributed by atoms with E-state index in [1.54, 1.807) is 0 Å². The second-order valence-corrected chi connectivity index (χ2v) is 5.86. The summed E-state index contributed by atoms with van der Waals surface area (Å²) < 4.78 is 1.02. The van der Waals surface area contributed by atoms with Crippen molar-refractivity contribution >= 4 is 26.8 Å². The summed E-state index contributed by atoms with van der Waals surface area (Å²) in [5, 5.41) is 1.15. The smallest absolute Gasteiger partial charge is 0.0720 e. The van der Waals surface area contributed by atoms with Crippen molar-refractivity contribution in [3.63, 3.8) is 0 Å². The molecule has 0 amide bonds. The minimum atomic E-state index is 0.0239. The largest absolute Gasteiger partial charge is 0.323 e. The molecule has 2 aromatic rings. The molecule has 102 valence electrons. The molecule has 0 aliphatic heterocycles. The molecule has 1 atom stereocenters. The average Bonchev–Trinajstić information content (AvgIpc) is 2.42. The van der Waals surface area contributed by atoms with Crippen LogP contribution in [0.5, 0.6) is 0 Å². The number of halogens is 1. The van der Waals surface area contributed by atoms with Gasteiger partial charge in [-0.25, -0.2) is 4.98 Å². The first kappa shape index (κ1) is 14.5. The van der Waals surface area contributed by atoms with Crippen molar-refractivity contribution in [2.75, 3.05) is 0 Å². The SMILES string of the molecule is CCCCCCC(N)c1nc2ccccc2cc1Br. The fourth-order valence-corrected chi connectivity index (χ4v) is 2.92. The molecule has 0 saturated heterocycles. The predicted octanol–water partition coefficient (Wildman–Crippen LogP) is 4.97. The van der Waals surface area contributed by atoms with E-state index in [1.807, 2.05) is 18.2 Å². The number of rotatable bonds is 6. The summed E-state index contributed by atoms with van der Waals surface area (Å²) in [4.78, 5) is 4.70. The molecule has 1 unspecified atom stereocenters. The Labute approximate surface area is 123 Å². The normalized spacial score (nSPS) is 12.8. The monoisotopic (exact) mass is 320 g/mol. The van der Waals surface area contributed by atoms with Gasteiger partial charge in [0.25, 0.3) is 0 Å². The van der Waals surface area contributed by atoms with Crippen molar-refractivity contribution in [3.05, 3.63) is 40.5 Å². The number of benzene rings is 1. The summed E-state index contributed by atoms with van der Waals surface area (Å²) in [6.07, 6.45) is 5.99. The van der Waals surface area contributed by atoms with Gasteiger partial charge in [0.05, 0.1) is 11.2 Å². The highest BCUT2D eigenvalue weighted by atomic mass is 79.9. The van der Waals surface area contributed by atoms with E-state index >= 15 is 0 Å². The van der Waals surface area contributed by atoms with Gasteiger partial charge in [0, 0.05) is 15.9 Å². The minimum absolute atomic E-state index is 0.0239. The Morgan fingerprint density at radius 2 is 2.00 bits per heavy atom. The molecular formula is C16H21BrN2. The molecule has 1 aromatic heterocycles. The van der Waals surface area contributed by atoms with Crippen LogP contribution in [-0.4, -0.2) is 4.98 Å². The molecule has 0 aliphatic rings. The van der Waals surface area contributed by atoms with Gasteiger partial charge in [0.2, 0.25) is 0 Å². The molecule has 1 aromatic carbocycles. The molecule has 2 N–H and O–H groups in total. The van der Waals surface area contributed by atoms with E-state index in [0.29, 0.717) is 0 Å². The lowest BCUT2D eigenvalue weighted by atomic mass is 10.0. The lowest BCUT2D eigenvalue weighted by molar-refractivity contribution is 0.557. The van der Waals surface area contributed by atoms with Crippen molar-refractivity contribution in [3.8, 4) is 0 Å². The second kappa shape index (κ2) is 7.01. The van der Waals surface area contributed by atoms with E-state index in [4.69, 9.17) is 10.7 Å². The fraction of sp³-hybridized carbons (Fsp3) is 0.438. The van der Waals surface area contributed by atoms with Crippen molar-refractivity contribution in [2.24, 2.45) is 5.73 Å². The average molecular weight is 321 g/mol. The molecule has 0 fully saturated rings. The van der Waals surface area contributed by atoms with Crippen LogP contribution in [0.25, 0.3) is 10.9 Å². The number of fused-ring (bicyclic) bond motifs is 1. The lowest BCUT2D eigenvalue weighted by Gasteiger charge is -2.13. The van der Waals surface area contributed by atoms with E-state index in [9.17, 15) is 0 Å². The summed E-state index contributed by atoms with van der Waals surface area (Å²) in [6, 6.07) is 10.3. The topological polar surface area (TPSA) is 38.9 Å². The number of para-hydroxylation sites is 1. The highest BCUT2D eigenvalue weighted by Gasteiger charge is 2.12. The molecular weight excluding hydrogens is 300 g/mol. The molecule has 19 heavy (non-hydrogen) atoms. The summed E-state index contributed by atoms with van der Waals surface area (Å²) in [7, 11) is 0. The van der Waals surface area contributed by atoms with Crippen molar-refractivity contribution in [2.45, 2.75) is 45.1 Å². The zero-order chi connectivity index (χ0) is 13.7. The van der Waals surface area contributed by atoms with Crippen LogP contribution in [-0.2, 0) is 0 Å². The number of nitrogens with zero attached hydrogens (tertiary/aromatic N) is 1. The third-order valence-electron chi connectivity index (χ3n) is 3.42. The standard InChI is InChI=1S/C16H21BrN2/c1-2-3-4-5-9-14(18)16-13(17)11-12-8-6-7-10-15(12)19-16/h6-8,10-11,14H,2-5,9,18H2,1H3. The van der Waals surface area contributed by atoms with Gasteiger partial charge < -0.3 is 5.73 Å². The van der Waals surface area contributed by atoms with E-state index in [2.05, 4.69) is 35.0 Å². The van der Waals surface area contributed by atoms with Crippen molar-refractivity contribution in [1.82, 2.24) is 4.98 Å². The number of hydrogen-bond donors (Lipinski definition) is 1. The molecule has 2 rings (SSSR count). The van der Waals surface area contributed by atoms with Gasteiger partial charge in [-0.3, -0.25) is 0 Å². The molecule has 0 radical (unpaired) electrons. The maximum absolute atomic E-state index is 6.28. The van der Waals surface area contributed by atoms with E-state index in [0.717, 1.165) is 27.5 Å². The Hall–Kier alpha value is -0.930. The Kier molecular flexibility index (Phi) is 5.34. The molecule has 0 aliphatic carbocycles. The number of pyridine rings is 1. The number of nitrogens with two attached hydrogens (primary N) is 1. The van der Waals surface area contributed by atoms with Crippen molar-refractivity contribution in [1.29, 1.82) is 0 Å². The zero-order valence-corrected chi connectivity index (χ0v) is 13.0. The Morgan fingerprint density at radius 3 is 2.79 bits per heavy atom. The Morgan fingerprint density at radius 1 is 1.21 bits per heavy atom. The van der Waals surface area contributed by atoms with Gasteiger partial charge in [-0.05, 0) is 34.5 Å². The molecule has 0 saturated carbocycles. The Balaban J connectivity index is 2.12. The summed E-state index contributed by atoms with van der Waals surface area (Å²) in [5.74, 6) is 0. The maximum Gasteiger partial charge on any atom is 0.0720 e. The van der Waals surface area contributed by atoms with Crippen LogP contribution in [0, 0.1) is 0 Å². The zero-order valence-electron chi connectivity index (χ0n) is 11.4. The van der Waals surface area contributed by atoms with Gasteiger partial charge in [0.1, 0.15) is 0 Å². The third kappa shape index (κ3) is 3.77. The second-order valence-electron chi connectivity index (χ2n) is 5.00. The molecule has 2 nitrogen and oxygen atoms in total. The van der Waals surface area contributed by atoms with E-state index in [1.165, 1.54) is 25.7 Å². The van der Waals surface area contributed by atoms with Gasteiger partial charge >= 0.3 is 0 Å². The first-order chi connectivity index (χ1) is 9.22. The molecule has 3 heteroatoms. The van der Waals surface area contributed by atoms with Crippen LogP contribution in [0.4, 0.5) is 0 Å². The van der Waals surface area contributed by atoms with Gasteiger partial charge in [-0.2, -0.15) is 0 Å². The predicted molar refractivity (Wildman–Crippen MR) is 85.1 cm³/mol. The minimum Gasteiger partial charge on any atom is -0.323 e. The number of unbranched alkanes of at least 4 members (excludes halogenated alkanes) is 3. The maximum atomic E-state index is 6.28. The summed E-state index contributed by atoms with van der Waals surface area (Å²) in [6.45, 7) is 2.22. The number of hydrogen-bond acceptors (Lipinski definition) is 2. The first-order valence-corrected chi connectivity index (χ1v) is 7.82. The van der Waals surface area contributed by atoms with E-state index in [-0.39, 0.29) is 6.04 Å². The molecule has 1 heterocycles. The quantitative estimate of drug-likeness (QED) is 0.763. The number of aromatic nitrogens is 1. The first-order valence-electron chi connectivity index (χ1n) is 7.03. The van der Waals surface area contributed by atoms with Gasteiger partial charge in [0.15, 0.2) is 0 Å². The van der Waals surface area contributed by atoms with Gasteiger partial charge in [-0.15, -0.1) is 0 Å². The van der Waals surface area contributed by atoms with Crippen molar-refractivity contribution < 1.29 is 0 Å². The van der Waals surface area contributed by atoms with Crippen LogP contribution in [0.3, 0.4) is 0 Å². The fourth-order valence-electron chi connectivity index (χ4n) is 2.29. The highest BCUT2D eigenvalue weighted by Crippen LogP contribution is 2.27. The Bertz CT molecular complexity index is 539.